The lowest BCUT2D eigenvalue weighted by Gasteiger charge is -2.19. The average Bonchev–Trinajstić information content (AvgIpc) is 2.37. The molecule has 0 radical (unpaired) electrons. The number of alkyl halides is 1. The quantitative estimate of drug-likeness (QED) is 0.632. The van der Waals surface area contributed by atoms with Crippen molar-refractivity contribution in [3.63, 3.8) is 0 Å². The highest BCUT2D eigenvalue weighted by molar-refractivity contribution is 9.10. The van der Waals surface area contributed by atoms with Crippen LogP contribution in [0.25, 0.3) is 0 Å². The topological polar surface area (TPSA) is 35.5 Å². The lowest BCUT2D eigenvalue weighted by atomic mass is 10.0. The van der Waals surface area contributed by atoms with E-state index in [2.05, 4.69) is 22.9 Å². The number of carbonyl (C=O) groups excluding carboxylic acids is 1. The first-order valence-corrected chi connectivity index (χ1v) is 6.72. The fourth-order valence-corrected chi connectivity index (χ4v) is 2.48. The van der Waals surface area contributed by atoms with Crippen LogP contribution in [0.2, 0.25) is 0 Å². The van der Waals surface area contributed by atoms with E-state index in [-0.39, 0.29) is 10.6 Å². The van der Waals surface area contributed by atoms with E-state index >= 15 is 0 Å². The van der Waals surface area contributed by atoms with Gasteiger partial charge in [0.1, 0.15) is 13.2 Å². The second-order valence-corrected chi connectivity index (χ2v) is 5.08. The van der Waals surface area contributed by atoms with Gasteiger partial charge in [0.15, 0.2) is 17.3 Å². The molecule has 0 spiro atoms. The SMILES string of the molecule is CCCC(Br)C(=O)c1ccc2c(c1)OCCO2. The summed E-state index contributed by atoms with van der Waals surface area (Å²) in [6.45, 7) is 3.17. The molecule has 92 valence electrons. The molecule has 0 aliphatic carbocycles. The summed E-state index contributed by atoms with van der Waals surface area (Å²) >= 11 is 3.41. The van der Waals surface area contributed by atoms with Gasteiger partial charge in [0.2, 0.25) is 0 Å². The highest BCUT2D eigenvalue weighted by Crippen LogP contribution is 2.31. The first kappa shape index (κ1) is 12.4. The smallest absolute Gasteiger partial charge is 0.176 e. The van der Waals surface area contributed by atoms with Crippen molar-refractivity contribution in [2.24, 2.45) is 0 Å². The standard InChI is InChI=1S/C13H15BrO3/c1-2-3-10(14)13(15)9-4-5-11-12(8-9)17-7-6-16-11/h4-5,8,10H,2-3,6-7H2,1H3. The molecule has 0 bridgehead atoms. The van der Waals surface area contributed by atoms with Gasteiger partial charge < -0.3 is 9.47 Å². The van der Waals surface area contributed by atoms with Gasteiger partial charge in [-0.05, 0) is 24.6 Å². The van der Waals surface area contributed by atoms with Crippen LogP contribution in [0.15, 0.2) is 18.2 Å². The second-order valence-electron chi connectivity index (χ2n) is 3.98. The van der Waals surface area contributed by atoms with Crippen molar-refractivity contribution in [2.75, 3.05) is 13.2 Å². The van der Waals surface area contributed by atoms with Crippen LogP contribution in [0.3, 0.4) is 0 Å². The van der Waals surface area contributed by atoms with Crippen molar-refractivity contribution < 1.29 is 14.3 Å². The van der Waals surface area contributed by atoms with Crippen LogP contribution in [0.1, 0.15) is 30.1 Å². The molecule has 1 unspecified atom stereocenters. The Kier molecular flexibility index (Phi) is 4.05. The van der Waals surface area contributed by atoms with Crippen molar-refractivity contribution in [3.8, 4) is 11.5 Å². The van der Waals surface area contributed by atoms with E-state index in [4.69, 9.17) is 9.47 Å². The zero-order valence-corrected chi connectivity index (χ0v) is 11.3. The molecule has 1 heterocycles. The molecule has 2 rings (SSSR count). The molecule has 1 atom stereocenters. The number of hydrogen-bond donors (Lipinski definition) is 0. The molecule has 0 saturated carbocycles. The summed E-state index contributed by atoms with van der Waals surface area (Å²) in [4.78, 5) is 12.0. The number of carbonyl (C=O) groups is 1. The Balaban J connectivity index is 2.19. The molecule has 1 aliphatic heterocycles. The summed E-state index contributed by atoms with van der Waals surface area (Å²) in [6, 6.07) is 5.36. The van der Waals surface area contributed by atoms with Crippen molar-refractivity contribution in [3.05, 3.63) is 23.8 Å². The maximum absolute atomic E-state index is 12.1. The number of fused-ring (bicyclic) bond motifs is 1. The monoisotopic (exact) mass is 298 g/mol. The fourth-order valence-electron chi connectivity index (χ4n) is 1.76. The predicted molar refractivity (Wildman–Crippen MR) is 69.4 cm³/mol. The molecule has 0 aromatic heterocycles. The molecule has 4 heteroatoms. The Hall–Kier alpha value is -1.03. The Morgan fingerprint density at radius 2 is 2.06 bits per heavy atom. The largest absolute Gasteiger partial charge is 0.486 e. The third kappa shape index (κ3) is 2.80. The van der Waals surface area contributed by atoms with Gasteiger partial charge in [-0.25, -0.2) is 0 Å². The summed E-state index contributed by atoms with van der Waals surface area (Å²) in [5.41, 5.74) is 0.671. The molecule has 17 heavy (non-hydrogen) atoms. The van der Waals surface area contributed by atoms with E-state index in [0.29, 0.717) is 24.5 Å². The van der Waals surface area contributed by atoms with Crippen LogP contribution in [0.4, 0.5) is 0 Å². The van der Waals surface area contributed by atoms with Crippen LogP contribution >= 0.6 is 15.9 Å². The molecule has 0 amide bonds. The van der Waals surface area contributed by atoms with Gasteiger partial charge in [-0.1, -0.05) is 29.3 Å². The third-order valence-electron chi connectivity index (χ3n) is 2.65. The summed E-state index contributed by atoms with van der Waals surface area (Å²) in [6.07, 6.45) is 1.82. The van der Waals surface area contributed by atoms with Crippen LogP contribution in [-0.4, -0.2) is 23.8 Å². The first-order chi connectivity index (χ1) is 8.22. The number of halogens is 1. The van der Waals surface area contributed by atoms with Crippen LogP contribution in [-0.2, 0) is 0 Å². The van der Waals surface area contributed by atoms with Crippen molar-refractivity contribution >= 4 is 21.7 Å². The minimum atomic E-state index is -0.116. The summed E-state index contributed by atoms with van der Waals surface area (Å²) in [5, 5.41) is 0. The van der Waals surface area contributed by atoms with Gasteiger partial charge in [-0.3, -0.25) is 4.79 Å². The molecule has 1 aromatic carbocycles. The van der Waals surface area contributed by atoms with E-state index in [9.17, 15) is 4.79 Å². The van der Waals surface area contributed by atoms with Crippen LogP contribution < -0.4 is 9.47 Å². The van der Waals surface area contributed by atoms with Gasteiger partial charge in [0, 0.05) is 5.56 Å². The summed E-state index contributed by atoms with van der Waals surface area (Å²) in [5.74, 6) is 1.48. The van der Waals surface area contributed by atoms with Crippen LogP contribution in [0, 0.1) is 0 Å². The Bertz CT molecular complexity index is 417. The van der Waals surface area contributed by atoms with Crippen LogP contribution in [0.5, 0.6) is 11.5 Å². The van der Waals surface area contributed by atoms with E-state index in [1.54, 1.807) is 18.2 Å². The highest BCUT2D eigenvalue weighted by Gasteiger charge is 2.19. The maximum Gasteiger partial charge on any atom is 0.176 e. The zero-order chi connectivity index (χ0) is 12.3. The number of hydrogen-bond acceptors (Lipinski definition) is 3. The molecular formula is C13H15BrO3. The zero-order valence-electron chi connectivity index (χ0n) is 9.74. The van der Waals surface area contributed by atoms with Gasteiger partial charge in [0.05, 0.1) is 4.83 Å². The average molecular weight is 299 g/mol. The number of benzene rings is 1. The Labute approximate surface area is 109 Å². The molecule has 1 aromatic rings. The van der Waals surface area contributed by atoms with E-state index in [1.807, 2.05) is 0 Å². The van der Waals surface area contributed by atoms with Gasteiger partial charge in [-0.2, -0.15) is 0 Å². The first-order valence-electron chi connectivity index (χ1n) is 5.80. The molecule has 0 N–H and O–H groups in total. The van der Waals surface area contributed by atoms with Gasteiger partial charge >= 0.3 is 0 Å². The van der Waals surface area contributed by atoms with E-state index in [0.717, 1.165) is 18.6 Å². The van der Waals surface area contributed by atoms with Crippen molar-refractivity contribution in [1.82, 2.24) is 0 Å². The number of ketones is 1. The Morgan fingerprint density at radius 3 is 2.76 bits per heavy atom. The Morgan fingerprint density at radius 1 is 1.35 bits per heavy atom. The summed E-state index contributed by atoms with van der Waals surface area (Å²) < 4.78 is 10.9. The molecule has 1 aliphatic rings. The van der Waals surface area contributed by atoms with E-state index in [1.165, 1.54) is 0 Å². The molecule has 3 nitrogen and oxygen atoms in total. The lowest BCUT2D eigenvalue weighted by Crippen LogP contribution is -2.17. The molecular weight excluding hydrogens is 284 g/mol. The number of ether oxygens (including phenoxy) is 2. The van der Waals surface area contributed by atoms with Crippen molar-refractivity contribution in [2.45, 2.75) is 24.6 Å². The third-order valence-corrected chi connectivity index (χ3v) is 3.53. The molecule has 0 saturated heterocycles. The summed E-state index contributed by atoms with van der Waals surface area (Å²) in [7, 11) is 0. The van der Waals surface area contributed by atoms with Gasteiger partial charge in [0.25, 0.3) is 0 Å². The highest BCUT2D eigenvalue weighted by atomic mass is 79.9. The van der Waals surface area contributed by atoms with E-state index < -0.39 is 0 Å². The lowest BCUT2D eigenvalue weighted by molar-refractivity contribution is 0.0987. The maximum atomic E-state index is 12.1. The fraction of sp³-hybridized carbons (Fsp3) is 0.462. The number of rotatable bonds is 4. The predicted octanol–water partition coefficient (Wildman–Crippen LogP) is 3.20. The normalized spacial score (nSPS) is 15.4. The van der Waals surface area contributed by atoms with Gasteiger partial charge in [-0.15, -0.1) is 0 Å². The minimum Gasteiger partial charge on any atom is -0.486 e. The number of Topliss-reactive ketones (excluding diaryl/α,β-unsaturated/α-hetero) is 1. The van der Waals surface area contributed by atoms with Crippen molar-refractivity contribution in [1.29, 1.82) is 0 Å². The minimum absolute atomic E-state index is 0.101. The molecule has 0 fully saturated rings. The second kappa shape index (κ2) is 5.54.